The number of sulfone groups is 1. The van der Waals surface area contributed by atoms with Crippen LogP contribution in [0, 0.1) is 0 Å². The van der Waals surface area contributed by atoms with Crippen molar-refractivity contribution >= 4 is 44.9 Å². The van der Waals surface area contributed by atoms with Crippen LogP contribution in [0.25, 0.3) is 0 Å². The Balaban J connectivity index is 2.19. The predicted molar refractivity (Wildman–Crippen MR) is 146 cm³/mol. The molecule has 7 nitrogen and oxygen atoms in total. The van der Waals surface area contributed by atoms with Crippen LogP contribution in [-0.2, 0) is 24.2 Å². The average Bonchev–Trinajstić information content (AvgIpc) is 2.81. The number of hydrogen-bond acceptors (Lipinski definition) is 5. The first-order chi connectivity index (χ1) is 17.2. The van der Waals surface area contributed by atoms with Crippen molar-refractivity contribution in [3.63, 3.8) is 0 Å². The molecular formula is C27H34Cl2N2O5S. The highest BCUT2D eigenvalue weighted by molar-refractivity contribution is 7.92. The molecule has 0 spiro atoms. The molecule has 1 unspecified atom stereocenters. The Morgan fingerprint density at radius 1 is 1.08 bits per heavy atom. The number of nitrogens with zero attached hydrogens (tertiary/aromatic N) is 1. The molecule has 4 atom stereocenters. The number of halogens is 2. The van der Waals surface area contributed by atoms with Crippen LogP contribution >= 0.6 is 23.2 Å². The van der Waals surface area contributed by atoms with Crippen LogP contribution in [0.1, 0.15) is 64.3 Å². The third-order valence-electron chi connectivity index (χ3n) is 6.56. The standard InChI is InChI=1S/C27H34Cl2N2O5S/c1-6-22(16-37(34,35)27(3,4)5)31-24(18-10-12-20(28)13-11-18)25(19-8-7-9-21(29)14-19)36-23(26(31)33)15-30-17(2)32/h7-14,22-25H,6,15-16H2,1-5H3,(H,30,32)/t22?,23-,24+,25+/m0/s1. The summed E-state index contributed by atoms with van der Waals surface area (Å²) in [7, 11) is -3.57. The van der Waals surface area contributed by atoms with Gasteiger partial charge in [0.15, 0.2) is 15.9 Å². The normalized spacial score (nSPS) is 21.5. The zero-order valence-corrected chi connectivity index (χ0v) is 24.0. The van der Waals surface area contributed by atoms with Gasteiger partial charge in [-0.1, -0.05) is 54.4 Å². The van der Waals surface area contributed by atoms with E-state index in [4.69, 9.17) is 27.9 Å². The van der Waals surface area contributed by atoms with Gasteiger partial charge in [-0.2, -0.15) is 0 Å². The number of carbonyl (C=O) groups excluding carboxylic acids is 2. The van der Waals surface area contributed by atoms with E-state index in [1.165, 1.54) is 6.92 Å². The summed E-state index contributed by atoms with van der Waals surface area (Å²) in [5, 5.41) is 3.70. The van der Waals surface area contributed by atoms with Crippen molar-refractivity contribution in [1.82, 2.24) is 10.2 Å². The molecule has 10 heteroatoms. The van der Waals surface area contributed by atoms with Gasteiger partial charge in [-0.3, -0.25) is 9.59 Å². The smallest absolute Gasteiger partial charge is 0.254 e. The molecular weight excluding hydrogens is 535 g/mol. The highest BCUT2D eigenvalue weighted by Crippen LogP contribution is 2.44. The van der Waals surface area contributed by atoms with Crippen molar-refractivity contribution < 1.29 is 22.7 Å². The Morgan fingerprint density at radius 2 is 1.73 bits per heavy atom. The van der Waals surface area contributed by atoms with Crippen molar-refractivity contribution in [2.75, 3.05) is 12.3 Å². The minimum atomic E-state index is -3.57. The van der Waals surface area contributed by atoms with Gasteiger partial charge in [-0.15, -0.1) is 0 Å². The molecule has 0 saturated carbocycles. The zero-order chi connectivity index (χ0) is 27.5. The van der Waals surface area contributed by atoms with Crippen LogP contribution in [0.2, 0.25) is 10.0 Å². The second kappa shape index (κ2) is 11.7. The van der Waals surface area contributed by atoms with Crippen molar-refractivity contribution in [2.24, 2.45) is 0 Å². The molecule has 1 aliphatic heterocycles. The minimum Gasteiger partial charge on any atom is -0.356 e. The lowest BCUT2D eigenvalue weighted by Gasteiger charge is -2.48. The Hall–Kier alpha value is -2.13. The summed E-state index contributed by atoms with van der Waals surface area (Å²) < 4.78 is 32.0. The summed E-state index contributed by atoms with van der Waals surface area (Å²) in [6, 6.07) is 13.0. The topological polar surface area (TPSA) is 92.8 Å². The van der Waals surface area contributed by atoms with E-state index < -0.39 is 38.9 Å². The van der Waals surface area contributed by atoms with E-state index in [9.17, 15) is 18.0 Å². The molecule has 2 aromatic carbocycles. The molecule has 0 radical (unpaired) electrons. The Kier molecular flexibility index (Phi) is 9.32. The van der Waals surface area contributed by atoms with Crippen molar-refractivity contribution in [2.45, 2.75) is 70.1 Å². The first-order valence-corrected chi connectivity index (χ1v) is 14.6. The third kappa shape index (κ3) is 6.85. The maximum Gasteiger partial charge on any atom is 0.254 e. The van der Waals surface area contributed by atoms with Gasteiger partial charge in [-0.05, 0) is 62.6 Å². The molecule has 1 heterocycles. The van der Waals surface area contributed by atoms with Crippen molar-refractivity contribution in [1.29, 1.82) is 0 Å². The maximum absolute atomic E-state index is 14.0. The van der Waals surface area contributed by atoms with Crippen LogP contribution < -0.4 is 5.32 Å². The second-order valence-electron chi connectivity index (χ2n) is 10.2. The molecule has 0 aliphatic carbocycles. The summed E-state index contributed by atoms with van der Waals surface area (Å²) in [4.78, 5) is 27.3. The SMILES string of the molecule is CCC(CS(=O)(=O)C(C)(C)C)N1C(=O)[C@H](CNC(C)=O)O[C@H](c2cccc(Cl)c2)[C@H]1c1ccc(Cl)cc1. The van der Waals surface area contributed by atoms with Gasteiger partial charge in [0, 0.05) is 23.0 Å². The fraction of sp³-hybridized carbons (Fsp3) is 0.481. The van der Waals surface area contributed by atoms with E-state index in [0.717, 1.165) is 11.1 Å². The quantitative estimate of drug-likeness (QED) is 0.476. The average molecular weight is 570 g/mol. The lowest BCUT2D eigenvalue weighted by Crippen LogP contribution is -2.58. The maximum atomic E-state index is 14.0. The van der Waals surface area contributed by atoms with E-state index in [0.29, 0.717) is 16.5 Å². The number of ether oxygens (including phenoxy) is 1. The van der Waals surface area contributed by atoms with Gasteiger partial charge in [-0.25, -0.2) is 8.42 Å². The molecule has 1 aliphatic rings. The van der Waals surface area contributed by atoms with Gasteiger partial charge >= 0.3 is 0 Å². The highest BCUT2D eigenvalue weighted by atomic mass is 35.5. The Labute approximate surface area is 229 Å². The number of carbonyl (C=O) groups is 2. The zero-order valence-electron chi connectivity index (χ0n) is 21.7. The van der Waals surface area contributed by atoms with E-state index >= 15 is 0 Å². The highest BCUT2D eigenvalue weighted by Gasteiger charge is 2.48. The summed E-state index contributed by atoms with van der Waals surface area (Å²) in [6.07, 6.45) is -1.29. The number of hydrogen-bond donors (Lipinski definition) is 1. The van der Waals surface area contributed by atoms with Gasteiger partial charge in [0.2, 0.25) is 5.91 Å². The van der Waals surface area contributed by atoms with Crippen LogP contribution in [-0.4, -0.2) is 54.3 Å². The van der Waals surface area contributed by atoms with Crippen molar-refractivity contribution in [3.8, 4) is 0 Å². The van der Waals surface area contributed by atoms with E-state index in [1.807, 2.05) is 25.1 Å². The molecule has 2 aromatic rings. The first kappa shape index (κ1) is 29.4. The van der Waals surface area contributed by atoms with E-state index in [2.05, 4.69) is 5.32 Å². The fourth-order valence-electron chi connectivity index (χ4n) is 4.38. The van der Waals surface area contributed by atoms with Gasteiger partial charge < -0.3 is 15.0 Å². The van der Waals surface area contributed by atoms with Crippen molar-refractivity contribution in [3.05, 3.63) is 69.7 Å². The molecule has 3 rings (SSSR count). The summed E-state index contributed by atoms with van der Waals surface area (Å²) in [6.45, 7) is 8.14. The van der Waals surface area contributed by atoms with Crippen LogP contribution in [0.15, 0.2) is 48.5 Å². The number of morpholine rings is 1. The number of nitrogens with one attached hydrogen (secondary N) is 1. The monoisotopic (exact) mass is 568 g/mol. The lowest BCUT2D eigenvalue weighted by atomic mass is 9.90. The van der Waals surface area contributed by atoms with Gasteiger partial charge in [0.05, 0.1) is 23.1 Å². The first-order valence-electron chi connectivity index (χ1n) is 12.2. The van der Waals surface area contributed by atoms with Gasteiger partial charge in [0.1, 0.15) is 6.10 Å². The molecule has 0 aromatic heterocycles. The van der Waals surface area contributed by atoms with Crippen LogP contribution in [0.5, 0.6) is 0 Å². The molecule has 2 amide bonds. The number of amides is 2. The Bertz CT molecular complexity index is 1230. The predicted octanol–water partition coefficient (Wildman–Crippen LogP) is 5.13. The molecule has 1 fully saturated rings. The molecule has 202 valence electrons. The summed E-state index contributed by atoms with van der Waals surface area (Å²) in [5.41, 5.74) is 1.47. The minimum absolute atomic E-state index is 0.0441. The lowest BCUT2D eigenvalue weighted by molar-refractivity contribution is -0.178. The number of benzene rings is 2. The van der Waals surface area contributed by atoms with E-state index in [1.54, 1.807) is 56.0 Å². The fourth-order valence-corrected chi connectivity index (χ4v) is 6.10. The largest absolute Gasteiger partial charge is 0.356 e. The van der Waals surface area contributed by atoms with Crippen LogP contribution in [0.4, 0.5) is 0 Å². The number of rotatable bonds is 8. The molecule has 37 heavy (non-hydrogen) atoms. The Morgan fingerprint density at radius 3 is 2.27 bits per heavy atom. The summed E-state index contributed by atoms with van der Waals surface area (Å²) >= 11 is 12.5. The summed E-state index contributed by atoms with van der Waals surface area (Å²) in [5.74, 6) is -0.898. The molecule has 0 bridgehead atoms. The molecule has 1 N–H and O–H groups in total. The molecule has 1 saturated heterocycles. The van der Waals surface area contributed by atoms with E-state index in [-0.39, 0.29) is 24.1 Å². The van der Waals surface area contributed by atoms with Gasteiger partial charge in [0.25, 0.3) is 5.91 Å². The second-order valence-corrected chi connectivity index (χ2v) is 13.9. The third-order valence-corrected chi connectivity index (χ3v) is 9.74. The van der Waals surface area contributed by atoms with Crippen LogP contribution in [0.3, 0.4) is 0 Å².